The van der Waals surface area contributed by atoms with Gasteiger partial charge in [0.15, 0.2) is 0 Å². The molecule has 2 atom stereocenters. The molecule has 1 aliphatic carbocycles. The van der Waals surface area contributed by atoms with Crippen LogP contribution in [0.4, 0.5) is 0 Å². The van der Waals surface area contributed by atoms with E-state index in [0.717, 1.165) is 6.54 Å². The van der Waals surface area contributed by atoms with Crippen LogP contribution in [0.2, 0.25) is 0 Å². The molecule has 0 spiro atoms. The zero-order chi connectivity index (χ0) is 13.7. The first kappa shape index (κ1) is 14.5. The van der Waals surface area contributed by atoms with Crippen molar-refractivity contribution in [2.75, 3.05) is 0 Å². The third-order valence-electron chi connectivity index (χ3n) is 4.33. The van der Waals surface area contributed by atoms with Gasteiger partial charge in [0.2, 0.25) is 0 Å². The average molecular weight is 260 g/mol. The first-order chi connectivity index (χ1) is 9.18. The van der Waals surface area contributed by atoms with Crippen molar-refractivity contribution >= 4 is 0 Å². The number of benzene rings is 1. The number of nitrogens with zero attached hydrogens (tertiary/aromatic N) is 1. The highest BCUT2D eigenvalue weighted by molar-refractivity contribution is 5.15. The molecular weight excluding hydrogens is 232 g/mol. The Kier molecular flexibility index (Phi) is 5.41. The molecule has 0 saturated heterocycles. The van der Waals surface area contributed by atoms with E-state index < -0.39 is 0 Å². The van der Waals surface area contributed by atoms with E-state index in [1.54, 1.807) is 0 Å². The number of hydrogen-bond donors (Lipinski definition) is 1. The Morgan fingerprint density at radius 3 is 2.47 bits per heavy atom. The molecule has 1 aliphatic rings. The monoisotopic (exact) mass is 260 g/mol. The Morgan fingerprint density at radius 1 is 1.11 bits per heavy atom. The Balaban J connectivity index is 2.10. The van der Waals surface area contributed by atoms with Crippen LogP contribution in [-0.2, 0) is 6.54 Å². The lowest BCUT2D eigenvalue weighted by atomic mass is 9.99. The van der Waals surface area contributed by atoms with Gasteiger partial charge in [-0.3, -0.25) is 4.90 Å². The fourth-order valence-electron chi connectivity index (χ4n) is 3.21. The first-order valence-corrected chi connectivity index (χ1v) is 7.73. The molecule has 19 heavy (non-hydrogen) atoms. The van der Waals surface area contributed by atoms with Crippen molar-refractivity contribution in [2.24, 2.45) is 5.73 Å². The van der Waals surface area contributed by atoms with Gasteiger partial charge < -0.3 is 5.73 Å². The van der Waals surface area contributed by atoms with Crippen molar-refractivity contribution < 1.29 is 0 Å². The molecule has 0 bridgehead atoms. The minimum absolute atomic E-state index is 0.341. The highest BCUT2D eigenvalue weighted by Crippen LogP contribution is 2.24. The molecule has 2 heteroatoms. The lowest BCUT2D eigenvalue weighted by Gasteiger charge is -2.37. The lowest BCUT2D eigenvalue weighted by Crippen LogP contribution is -2.49. The van der Waals surface area contributed by atoms with E-state index in [0.29, 0.717) is 18.1 Å². The van der Waals surface area contributed by atoms with Gasteiger partial charge in [0, 0.05) is 24.7 Å². The maximum Gasteiger partial charge on any atom is 0.0253 e. The standard InChI is InChI=1S/C17H28N2/c1-14(2)19(13-15-9-5-3-6-10-15)17-12-8-4-7-11-16(17)18/h3,5-6,9-10,14,16-17H,4,7-8,11-13,18H2,1-2H3. The predicted molar refractivity (Wildman–Crippen MR) is 82.0 cm³/mol. The second-order valence-electron chi connectivity index (χ2n) is 6.12. The van der Waals surface area contributed by atoms with Gasteiger partial charge in [-0.1, -0.05) is 49.6 Å². The van der Waals surface area contributed by atoms with Crippen LogP contribution >= 0.6 is 0 Å². The minimum Gasteiger partial charge on any atom is -0.326 e. The second-order valence-corrected chi connectivity index (χ2v) is 6.12. The van der Waals surface area contributed by atoms with E-state index in [1.807, 2.05) is 0 Å². The molecule has 1 aromatic carbocycles. The van der Waals surface area contributed by atoms with E-state index in [-0.39, 0.29) is 0 Å². The van der Waals surface area contributed by atoms with Crippen molar-refractivity contribution in [1.29, 1.82) is 0 Å². The van der Waals surface area contributed by atoms with Gasteiger partial charge in [0.1, 0.15) is 0 Å². The summed E-state index contributed by atoms with van der Waals surface area (Å²) < 4.78 is 0. The third-order valence-corrected chi connectivity index (χ3v) is 4.33. The molecule has 2 nitrogen and oxygen atoms in total. The summed E-state index contributed by atoms with van der Waals surface area (Å²) in [5.41, 5.74) is 7.83. The van der Waals surface area contributed by atoms with Crippen molar-refractivity contribution in [3.8, 4) is 0 Å². The third kappa shape index (κ3) is 4.05. The van der Waals surface area contributed by atoms with Crippen molar-refractivity contribution in [3.63, 3.8) is 0 Å². The molecule has 0 aliphatic heterocycles. The molecule has 2 rings (SSSR count). The molecule has 2 N–H and O–H groups in total. The second kappa shape index (κ2) is 7.06. The minimum atomic E-state index is 0.341. The normalized spacial score (nSPS) is 24.7. The molecule has 2 unspecified atom stereocenters. The van der Waals surface area contributed by atoms with Gasteiger partial charge in [-0.15, -0.1) is 0 Å². The summed E-state index contributed by atoms with van der Waals surface area (Å²) in [4.78, 5) is 2.60. The average Bonchev–Trinajstić information content (AvgIpc) is 2.62. The Morgan fingerprint density at radius 2 is 1.79 bits per heavy atom. The molecule has 0 aromatic heterocycles. The topological polar surface area (TPSA) is 29.3 Å². The SMILES string of the molecule is CC(C)N(Cc1ccccc1)C1CCCCCC1N. The van der Waals surface area contributed by atoms with Gasteiger partial charge in [-0.25, -0.2) is 0 Å². The van der Waals surface area contributed by atoms with Crippen LogP contribution in [0, 0.1) is 0 Å². The fourth-order valence-corrected chi connectivity index (χ4v) is 3.21. The maximum absolute atomic E-state index is 6.43. The maximum atomic E-state index is 6.43. The largest absolute Gasteiger partial charge is 0.326 e. The van der Waals surface area contributed by atoms with Crippen LogP contribution in [0.1, 0.15) is 51.5 Å². The lowest BCUT2D eigenvalue weighted by molar-refractivity contribution is 0.117. The fraction of sp³-hybridized carbons (Fsp3) is 0.647. The molecule has 106 valence electrons. The van der Waals surface area contributed by atoms with Gasteiger partial charge >= 0.3 is 0 Å². The van der Waals surface area contributed by atoms with Gasteiger partial charge in [-0.2, -0.15) is 0 Å². The Hall–Kier alpha value is -0.860. The highest BCUT2D eigenvalue weighted by Gasteiger charge is 2.28. The molecule has 1 saturated carbocycles. The Bertz CT molecular complexity index is 361. The smallest absolute Gasteiger partial charge is 0.0253 e. The van der Waals surface area contributed by atoms with Crippen LogP contribution in [0.3, 0.4) is 0 Å². The van der Waals surface area contributed by atoms with E-state index in [2.05, 4.69) is 49.1 Å². The van der Waals surface area contributed by atoms with Gasteiger partial charge in [-0.05, 0) is 32.3 Å². The number of nitrogens with two attached hydrogens (primary N) is 1. The summed E-state index contributed by atoms with van der Waals surface area (Å²) in [6.45, 7) is 5.61. The summed E-state index contributed by atoms with van der Waals surface area (Å²) in [7, 11) is 0. The highest BCUT2D eigenvalue weighted by atomic mass is 15.2. The number of hydrogen-bond acceptors (Lipinski definition) is 2. The van der Waals surface area contributed by atoms with Crippen molar-refractivity contribution in [2.45, 2.75) is 70.6 Å². The van der Waals surface area contributed by atoms with Crippen molar-refractivity contribution in [1.82, 2.24) is 4.90 Å². The quantitative estimate of drug-likeness (QED) is 0.839. The molecule has 1 aromatic rings. The molecule has 1 fully saturated rings. The Labute approximate surface area is 118 Å². The summed E-state index contributed by atoms with van der Waals surface area (Å²) >= 11 is 0. The first-order valence-electron chi connectivity index (χ1n) is 7.73. The molecule has 0 radical (unpaired) electrons. The summed E-state index contributed by atoms with van der Waals surface area (Å²) in [6.07, 6.45) is 6.42. The van der Waals surface area contributed by atoms with E-state index in [1.165, 1.54) is 37.7 Å². The van der Waals surface area contributed by atoms with Gasteiger partial charge in [0.05, 0.1) is 0 Å². The summed E-state index contributed by atoms with van der Waals surface area (Å²) in [5, 5.41) is 0. The van der Waals surface area contributed by atoms with E-state index in [4.69, 9.17) is 5.73 Å². The molecular formula is C17H28N2. The molecule has 0 amide bonds. The zero-order valence-electron chi connectivity index (χ0n) is 12.4. The summed E-state index contributed by atoms with van der Waals surface area (Å²) in [6, 6.07) is 12.2. The predicted octanol–water partition coefficient (Wildman–Crippen LogP) is 3.56. The van der Waals surface area contributed by atoms with Crippen LogP contribution < -0.4 is 5.73 Å². The number of rotatable bonds is 4. The molecule has 0 heterocycles. The van der Waals surface area contributed by atoms with Crippen LogP contribution in [-0.4, -0.2) is 23.0 Å². The zero-order valence-corrected chi connectivity index (χ0v) is 12.4. The van der Waals surface area contributed by atoms with Crippen LogP contribution in [0.15, 0.2) is 30.3 Å². The van der Waals surface area contributed by atoms with Crippen molar-refractivity contribution in [3.05, 3.63) is 35.9 Å². The van der Waals surface area contributed by atoms with E-state index in [9.17, 15) is 0 Å². The van der Waals surface area contributed by atoms with E-state index >= 15 is 0 Å². The van der Waals surface area contributed by atoms with Crippen LogP contribution in [0.5, 0.6) is 0 Å². The summed E-state index contributed by atoms with van der Waals surface area (Å²) in [5.74, 6) is 0. The van der Waals surface area contributed by atoms with Crippen LogP contribution in [0.25, 0.3) is 0 Å². The van der Waals surface area contributed by atoms with Gasteiger partial charge in [0.25, 0.3) is 0 Å².